The molecule has 0 amide bonds. The number of nitrogens with one attached hydrogen (secondary N) is 1. The molecule has 2 heterocycles. The van der Waals surface area contributed by atoms with E-state index < -0.39 is 15.8 Å². The van der Waals surface area contributed by atoms with Gasteiger partial charge in [-0.15, -0.1) is 0 Å². The van der Waals surface area contributed by atoms with Crippen LogP contribution in [0.25, 0.3) is 0 Å². The number of ether oxygens (including phenoxy) is 2. The van der Waals surface area contributed by atoms with Crippen molar-refractivity contribution in [2.75, 3.05) is 46.6 Å². The fourth-order valence-electron chi connectivity index (χ4n) is 3.77. The molecule has 4 rings (SSSR count). The van der Waals surface area contributed by atoms with Crippen molar-refractivity contribution in [2.45, 2.75) is 17.9 Å². The van der Waals surface area contributed by atoms with Gasteiger partial charge >= 0.3 is 0 Å². The topological polar surface area (TPSA) is 71.1 Å². The number of benzene rings is 2. The standard InChI is InChI=1S/C21H26FN3O4S/c1-15-11-17(4-5-18(15)22)30(26,27)23-13-19(25-9-7-24(2)8-10-25)16-3-6-20-21(12-16)29-14-28-20/h3-6,11-12,19,23H,7-10,13-14H2,1-2H3/t19-/m0/s1. The minimum Gasteiger partial charge on any atom is -0.454 e. The van der Waals surface area contributed by atoms with Crippen LogP contribution in [0.3, 0.4) is 0 Å². The molecule has 0 spiro atoms. The summed E-state index contributed by atoms with van der Waals surface area (Å²) in [6.45, 7) is 5.40. The van der Waals surface area contributed by atoms with Crippen LogP contribution in [0.5, 0.6) is 11.5 Å². The first-order valence-electron chi connectivity index (χ1n) is 9.91. The van der Waals surface area contributed by atoms with Gasteiger partial charge in [-0.1, -0.05) is 6.07 Å². The van der Waals surface area contributed by atoms with Crippen molar-refractivity contribution in [3.05, 3.63) is 53.3 Å². The number of piperazine rings is 1. The van der Waals surface area contributed by atoms with E-state index in [1.165, 1.54) is 18.2 Å². The molecule has 0 bridgehead atoms. The maximum atomic E-state index is 13.6. The van der Waals surface area contributed by atoms with Crippen LogP contribution in [-0.4, -0.2) is 64.8 Å². The van der Waals surface area contributed by atoms with E-state index in [2.05, 4.69) is 21.6 Å². The highest BCUT2D eigenvalue weighted by Gasteiger charge is 2.27. The Bertz CT molecular complexity index is 1020. The molecule has 2 aliphatic rings. The monoisotopic (exact) mass is 435 g/mol. The second-order valence-electron chi connectivity index (χ2n) is 7.73. The van der Waals surface area contributed by atoms with Crippen LogP contribution >= 0.6 is 0 Å². The highest BCUT2D eigenvalue weighted by molar-refractivity contribution is 7.89. The highest BCUT2D eigenvalue weighted by atomic mass is 32.2. The SMILES string of the molecule is Cc1cc(S(=O)(=O)NC[C@@H](c2ccc3c(c2)OCO3)N2CCN(C)CC2)ccc1F. The Labute approximate surface area is 176 Å². The number of rotatable bonds is 6. The van der Waals surface area contributed by atoms with E-state index in [0.29, 0.717) is 17.1 Å². The van der Waals surface area contributed by atoms with Crippen LogP contribution in [0.1, 0.15) is 17.2 Å². The minimum absolute atomic E-state index is 0.0595. The second-order valence-corrected chi connectivity index (χ2v) is 9.50. The largest absolute Gasteiger partial charge is 0.454 e. The molecule has 0 aromatic heterocycles. The molecule has 2 aliphatic heterocycles. The van der Waals surface area contributed by atoms with Crippen LogP contribution in [0.15, 0.2) is 41.3 Å². The number of fused-ring (bicyclic) bond motifs is 1. The number of aryl methyl sites for hydroxylation is 1. The Kier molecular flexibility index (Phi) is 5.97. The molecule has 9 heteroatoms. The first kappa shape index (κ1) is 21.0. The van der Waals surface area contributed by atoms with Crippen LogP contribution in [0, 0.1) is 12.7 Å². The smallest absolute Gasteiger partial charge is 0.240 e. The van der Waals surface area contributed by atoms with Gasteiger partial charge in [0.25, 0.3) is 0 Å². The summed E-state index contributed by atoms with van der Waals surface area (Å²) in [5.74, 6) is 0.937. The number of sulfonamides is 1. The van der Waals surface area contributed by atoms with Crippen LogP contribution < -0.4 is 14.2 Å². The van der Waals surface area contributed by atoms with E-state index in [9.17, 15) is 12.8 Å². The van der Waals surface area contributed by atoms with E-state index in [1.807, 2.05) is 18.2 Å². The summed E-state index contributed by atoms with van der Waals surface area (Å²) in [5.41, 5.74) is 1.26. The minimum atomic E-state index is -3.77. The van der Waals surface area contributed by atoms with E-state index in [1.54, 1.807) is 6.92 Å². The molecule has 0 aliphatic carbocycles. The first-order chi connectivity index (χ1) is 14.3. The van der Waals surface area contributed by atoms with Gasteiger partial charge in [-0.05, 0) is 55.4 Å². The lowest BCUT2D eigenvalue weighted by atomic mass is 10.0. The summed E-state index contributed by atoms with van der Waals surface area (Å²) in [7, 11) is -1.70. The third kappa shape index (κ3) is 4.44. The third-order valence-corrected chi connectivity index (χ3v) is 7.09. The van der Waals surface area contributed by atoms with Gasteiger partial charge in [-0.3, -0.25) is 4.90 Å². The van der Waals surface area contributed by atoms with Crippen molar-refractivity contribution in [2.24, 2.45) is 0 Å². The molecule has 30 heavy (non-hydrogen) atoms. The molecule has 0 radical (unpaired) electrons. The molecular formula is C21H26FN3O4S. The summed E-state index contributed by atoms with van der Waals surface area (Å²) in [6.07, 6.45) is 0. The number of hydrogen-bond acceptors (Lipinski definition) is 6. The highest BCUT2D eigenvalue weighted by Crippen LogP contribution is 2.35. The zero-order valence-corrected chi connectivity index (χ0v) is 17.9. The van der Waals surface area contributed by atoms with Crippen molar-refractivity contribution in [1.82, 2.24) is 14.5 Å². The molecule has 1 atom stereocenters. The molecular weight excluding hydrogens is 409 g/mol. The average molecular weight is 436 g/mol. The van der Waals surface area contributed by atoms with E-state index in [0.717, 1.165) is 31.7 Å². The lowest BCUT2D eigenvalue weighted by Crippen LogP contribution is -2.48. The molecule has 1 saturated heterocycles. The lowest BCUT2D eigenvalue weighted by Gasteiger charge is -2.38. The van der Waals surface area contributed by atoms with Gasteiger partial charge in [-0.2, -0.15) is 0 Å². The Hall–Kier alpha value is -2.20. The Morgan fingerprint density at radius 3 is 2.53 bits per heavy atom. The third-order valence-electron chi connectivity index (χ3n) is 5.67. The van der Waals surface area contributed by atoms with Gasteiger partial charge in [0.15, 0.2) is 11.5 Å². The summed E-state index contributed by atoms with van der Waals surface area (Å²) in [6, 6.07) is 9.39. The summed E-state index contributed by atoms with van der Waals surface area (Å²) < 4.78 is 52.9. The number of nitrogens with zero attached hydrogens (tertiary/aromatic N) is 2. The Balaban J connectivity index is 1.57. The molecule has 0 unspecified atom stereocenters. The van der Waals surface area contributed by atoms with Crippen LogP contribution in [-0.2, 0) is 10.0 Å². The Morgan fingerprint density at radius 1 is 1.07 bits per heavy atom. The quantitative estimate of drug-likeness (QED) is 0.750. The van der Waals surface area contributed by atoms with Gasteiger partial charge in [0.2, 0.25) is 16.8 Å². The number of likely N-dealkylation sites (N-methyl/N-ethyl adjacent to an activating group) is 1. The van der Waals surface area contributed by atoms with Gasteiger partial charge in [0.1, 0.15) is 5.82 Å². The van der Waals surface area contributed by atoms with Crippen LogP contribution in [0.2, 0.25) is 0 Å². The fraction of sp³-hybridized carbons (Fsp3) is 0.429. The molecule has 2 aromatic rings. The normalized spacial score (nSPS) is 18.5. The van der Waals surface area contributed by atoms with Crippen molar-refractivity contribution < 1.29 is 22.3 Å². The maximum absolute atomic E-state index is 13.6. The Morgan fingerprint density at radius 2 is 1.80 bits per heavy atom. The van der Waals surface area contributed by atoms with Crippen molar-refractivity contribution in [3.8, 4) is 11.5 Å². The molecule has 1 N–H and O–H groups in total. The summed E-state index contributed by atoms with van der Waals surface area (Å²) >= 11 is 0. The predicted octanol–water partition coefficient (Wildman–Crippen LogP) is 2.13. The molecule has 1 fully saturated rings. The second kappa shape index (κ2) is 8.50. The van der Waals surface area contributed by atoms with E-state index >= 15 is 0 Å². The summed E-state index contributed by atoms with van der Waals surface area (Å²) in [5, 5.41) is 0. The summed E-state index contributed by atoms with van der Waals surface area (Å²) in [4.78, 5) is 4.58. The molecule has 2 aromatic carbocycles. The van der Waals surface area contributed by atoms with Crippen molar-refractivity contribution in [3.63, 3.8) is 0 Å². The van der Waals surface area contributed by atoms with Gasteiger partial charge in [0, 0.05) is 38.8 Å². The molecule has 0 saturated carbocycles. The fourth-order valence-corrected chi connectivity index (χ4v) is 4.89. The van der Waals surface area contributed by atoms with E-state index in [4.69, 9.17) is 9.47 Å². The molecule has 162 valence electrons. The lowest BCUT2D eigenvalue weighted by molar-refractivity contribution is 0.112. The maximum Gasteiger partial charge on any atom is 0.240 e. The average Bonchev–Trinajstić information content (AvgIpc) is 3.19. The first-order valence-corrected chi connectivity index (χ1v) is 11.4. The van der Waals surface area contributed by atoms with Gasteiger partial charge in [-0.25, -0.2) is 17.5 Å². The zero-order chi connectivity index (χ0) is 21.3. The van der Waals surface area contributed by atoms with Crippen molar-refractivity contribution >= 4 is 10.0 Å². The molecule has 7 nitrogen and oxygen atoms in total. The van der Waals surface area contributed by atoms with Gasteiger partial charge < -0.3 is 14.4 Å². The van der Waals surface area contributed by atoms with Gasteiger partial charge in [0.05, 0.1) is 4.90 Å². The zero-order valence-electron chi connectivity index (χ0n) is 17.1. The number of halogens is 1. The van der Waals surface area contributed by atoms with Crippen LogP contribution in [0.4, 0.5) is 4.39 Å². The predicted molar refractivity (Wildman–Crippen MR) is 111 cm³/mol. The van der Waals surface area contributed by atoms with E-state index in [-0.39, 0.29) is 24.3 Å². The van der Waals surface area contributed by atoms with Crippen molar-refractivity contribution in [1.29, 1.82) is 0 Å². The number of hydrogen-bond donors (Lipinski definition) is 1.